The Hall–Kier alpha value is -2.00. The van der Waals surface area contributed by atoms with Gasteiger partial charge in [-0.2, -0.15) is 4.31 Å². The molecule has 1 fully saturated rings. The normalized spacial score (nSPS) is 17.6. The van der Waals surface area contributed by atoms with Crippen LogP contribution < -0.4 is 5.32 Å². The zero-order valence-electron chi connectivity index (χ0n) is 15.5. The molecule has 0 amide bonds. The number of nitrogens with zero attached hydrogens (tertiary/aromatic N) is 1. The topological polar surface area (TPSA) is 75.7 Å². The van der Waals surface area contributed by atoms with Gasteiger partial charge in [0.2, 0.25) is 10.0 Å². The Balaban J connectivity index is 0.00000280. The smallest absolute Gasteiger partial charge is 0.339 e. The lowest BCUT2D eigenvalue weighted by Gasteiger charge is -2.35. The summed E-state index contributed by atoms with van der Waals surface area (Å²) in [5.74, 6) is -1.14. The molecule has 1 saturated heterocycles. The first kappa shape index (κ1) is 22.3. The Kier molecular flexibility index (Phi) is 7.16. The molecule has 152 valence electrons. The number of esters is 1. The van der Waals surface area contributed by atoms with E-state index in [0.717, 1.165) is 5.56 Å². The highest BCUT2D eigenvalue weighted by atomic mass is 35.5. The van der Waals surface area contributed by atoms with Crippen molar-refractivity contribution in [3.63, 3.8) is 0 Å². The van der Waals surface area contributed by atoms with Crippen LogP contribution in [0.5, 0.6) is 0 Å². The van der Waals surface area contributed by atoms with E-state index in [9.17, 15) is 17.6 Å². The molecule has 1 N–H and O–H groups in total. The number of sulfonamides is 1. The Bertz CT molecular complexity index is 968. The molecule has 0 spiro atoms. The standard InChI is InChI=1S/C19H21FN2O4S.ClH/c1-13-6-7-18(16(10-13)19(23)26-2)27(24,25)22-9-8-21-12-17(22)14-4-3-5-15(20)11-14;/h3-7,10-11,17,21H,8-9,12H2,1-2H3;1H. The van der Waals surface area contributed by atoms with Crippen LogP contribution in [0.3, 0.4) is 0 Å². The summed E-state index contributed by atoms with van der Waals surface area (Å²) in [7, 11) is -2.79. The molecule has 0 saturated carbocycles. The van der Waals surface area contributed by atoms with E-state index in [2.05, 4.69) is 5.32 Å². The van der Waals surface area contributed by atoms with Gasteiger partial charge in [0.15, 0.2) is 0 Å². The molecule has 1 unspecified atom stereocenters. The molecular formula is C19H22ClFN2O4S. The third kappa shape index (κ3) is 4.35. The number of carbonyl (C=O) groups excluding carboxylic acids is 1. The molecule has 6 nitrogen and oxygen atoms in total. The van der Waals surface area contributed by atoms with Gasteiger partial charge in [0, 0.05) is 19.6 Å². The van der Waals surface area contributed by atoms with Crippen LogP contribution in [0.4, 0.5) is 4.39 Å². The molecule has 1 aliphatic rings. The van der Waals surface area contributed by atoms with Gasteiger partial charge in [-0.05, 0) is 36.8 Å². The van der Waals surface area contributed by atoms with Gasteiger partial charge < -0.3 is 10.1 Å². The average molecular weight is 429 g/mol. The predicted octanol–water partition coefficient (Wildman–Crippen LogP) is 2.68. The maximum absolute atomic E-state index is 13.7. The van der Waals surface area contributed by atoms with Gasteiger partial charge in [0.25, 0.3) is 0 Å². The first-order valence-corrected chi connectivity index (χ1v) is 9.95. The second kappa shape index (κ2) is 9.00. The summed E-state index contributed by atoms with van der Waals surface area (Å²) < 4.78 is 46.6. The largest absolute Gasteiger partial charge is 0.465 e. The summed E-state index contributed by atoms with van der Waals surface area (Å²) in [5.41, 5.74) is 1.29. The van der Waals surface area contributed by atoms with Gasteiger partial charge in [-0.15, -0.1) is 12.4 Å². The molecule has 1 aliphatic heterocycles. The molecule has 1 heterocycles. The van der Waals surface area contributed by atoms with Crippen LogP contribution in [0.1, 0.15) is 27.5 Å². The maximum Gasteiger partial charge on any atom is 0.339 e. The highest BCUT2D eigenvalue weighted by molar-refractivity contribution is 7.89. The number of ether oxygens (including phenoxy) is 1. The third-order valence-corrected chi connectivity index (χ3v) is 6.52. The summed E-state index contributed by atoms with van der Waals surface area (Å²) in [6, 6.07) is 9.87. The Morgan fingerprint density at radius 2 is 2.00 bits per heavy atom. The Labute approximate surface area is 170 Å². The molecule has 0 aliphatic carbocycles. The Morgan fingerprint density at radius 3 is 2.68 bits per heavy atom. The van der Waals surface area contributed by atoms with Crippen molar-refractivity contribution < 1.29 is 22.3 Å². The fraction of sp³-hybridized carbons (Fsp3) is 0.316. The van der Waals surface area contributed by atoms with Gasteiger partial charge in [-0.25, -0.2) is 17.6 Å². The first-order valence-electron chi connectivity index (χ1n) is 8.51. The lowest BCUT2D eigenvalue weighted by Crippen LogP contribution is -2.48. The van der Waals surface area contributed by atoms with Crippen molar-refractivity contribution in [1.82, 2.24) is 9.62 Å². The number of rotatable bonds is 4. The number of carbonyl (C=O) groups is 1. The number of nitrogens with one attached hydrogen (secondary N) is 1. The van der Waals surface area contributed by atoms with Gasteiger partial charge in [-0.1, -0.05) is 23.8 Å². The SMILES string of the molecule is COC(=O)c1cc(C)ccc1S(=O)(=O)N1CCNCC1c1cccc(F)c1.Cl. The second-order valence-electron chi connectivity index (χ2n) is 6.38. The van der Waals surface area contributed by atoms with E-state index in [-0.39, 0.29) is 29.4 Å². The number of hydrogen-bond acceptors (Lipinski definition) is 5. The van der Waals surface area contributed by atoms with Gasteiger partial charge in [-0.3, -0.25) is 0 Å². The summed E-state index contributed by atoms with van der Waals surface area (Å²) in [6.07, 6.45) is 0. The summed E-state index contributed by atoms with van der Waals surface area (Å²) in [6.45, 7) is 2.79. The van der Waals surface area contributed by atoms with E-state index in [1.165, 1.54) is 35.7 Å². The van der Waals surface area contributed by atoms with Gasteiger partial charge >= 0.3 is 5.97 Å². The minimum absolute atomic E-state index is 0. The van der Waals surface area contributed by atoms with Crippen LogP contribution in [0.2, 0.25) is 0 Å². The maximum atomic E-state index is 13.7. The highest BCUT2D eigenvalue weighted by Crippen LogP contribution is 2.31. The third-order valence-electron chi connectivity index (χ3n) is 4.55. The number of benzene rings is 2. The van der Waals surface area contributed by atoms with Crippen LogP contribution in [0.15, 0.2) is 47.4 Å². The van der Waals surface area contributed by atoms with Crippen LogP contribution >= 0.6 is 12.4 Å². The number of piperazine rings is 1. The van der Waals surface area contributed by atoms with Crippen molar-refractivity contribution in [1.29, 1.82) is 0 Å². The van der Waals surface area contributed by atoms with Gasteiger partial charge in [0.05, 0.1) is 23.6 Å². The molecule has 28 heavy (non-hydrogen) atoms. The molecule has 0 aromatic heterocycles. The number of aryl methyl sites for hydroxylation is 1. The van der Waals surface area contributed by atoms with E-state index in [0.29, 0.717) is 18.7 Å². The summed E-state index contributed by atoms with van der Waals surface area (Å²) >= 11 is 0. The Morgan fingerprint density at radius 1 is 1.25 bits per heavy atom. The molecule has 2 aromatic carbocycles. The highest BCUT2D eigenvalue weighted by Gasteiger charge is 2.36. The quantitative estimate of drug-likeness (QED) is 0.758. The zero-order chi connectivity index (χ0) is 19.6. The fourth-order valence-corrected chi connectivity index (χ4v) is 5.01. The van der Waals surface area contributed by atoms with Crippen molar-refractivity contribution in [3.8, 4) is 0 Å². The van der Waals surface area contributed by atoms with E-state index >= 15 is 0 Å². The van der Waals surface area contributed by atoms with Crippen molar-refractivity contribution in [2.75, 3.05) is 26.7 Å². The number of halogens is 2. The van der Waals surface area contributed by atoms with Crippen molar-refractivity contribution in [2.45, 2.75) is 17.9 Å². The second-order valence-corrected chi connectivity index (χ2v) is 8.24. The van der Waals surface area contributed by atoms with E-state index < -0.39 is 27.9 Å². The summed E-state index contributed by atoms with van der Waals surface area (Å²) in [4.78, 5) is 12.0. The molecule has 3 rings (SSSR count). The number of methoxy groups -OCH3 is 1. The molecular weight excluding hydrogens is 407 g/mol. The first-order chi connectivity index (χ1) is 12.8. The van der Waals surface area contributed by atoms with Crippen LogP contribution in [-0.4, -0.2) is 45.4 Å². The van der Waals surface area contributed by atoms with Crippen molar-refractivity contribution in [3.05, 3.63) is 65.0 Å². The fourth-order valence-electron chi connectivity index (χ4n) is 3.24. The molecule has 0 radical (unpaired) electrons. The van der Waals surface area contributed by atoms with E-state index in [4.69, 9.17) is 4.74 Å². The van der Waals surface area contributed by atoms with Crippen molar-refractivity contribution >= 4 is 28.4 Å². The monoisotopic (exact) mass is 428 g/mol. The average Bonchev–Trinajstić information content (AvgIpc) is 2.67. The van der Waals surface area contributed by atoms with Crippen molar-refractivity contribution in [2.24, 2.45) is 0 Å². The molecule has 0 bridgehead atoms. The minimum atomic E-state index is -4.00. The molecule has 1 atom stereocenters. The van der Waals surface area contributed by atoms with E-state index in [1.807, 2.05) is 0 Å². The minimum Gasteiger partial charge on any atom is -0.465 e. The van der Waals surface area contributed by atoms with Gasteiger partial charge in [0.1, 0.15) is 5.82 Å². The lowest BCUT2D eigenvalue weighted by atomic mass is 10.1. The van der Waals surface area contributed by atoms with Crippen LogP contribution in [0, 0.1) is 12.7 Å². The zero-order valence-corrected chi connectivity index (χ0v) is 17.1. The predicted molar refractivity (Wildman–Crippen MR) is 106 cm³/mol. The molecule has 2 aromatic rings. The van der Waals surface area contributed by atoms with Crippen LogP contribution in [-0.2, 0) is 14.8 Å². The van der Waals surface area contributed by atoms with E-state index in [1.54, 1.807) is 25.1 Å². The van der Waals surface area contributed by atoms with Crippen LogP contribution in [0.25, 0.3) is 0 Å². The number of hydrogen-bond donors (Lipinski definition) is 1. The lowest BCUT2D eigenvalue weighted by molar-refractivity contribution is 0.0596. The summed E-state index contributed by atoms with van der Waals surface area (Å²) in [5, 5.41) is 3.14. The molecule has 9 heteroatoms.